The summed E-state index contributed by atoms with van der Waals surface area (Å²) in [4.78, 5) is 23.1. The molecule has 0 bridgehead atoms. The second-order valence-electron chi connectivity index (χ2n) is 5.82. The number of nitrogens with one attached hydrogen (secondary N) is 1. The van der Waals surface area contributed by atoms with E-state index in [0.29, 0.717) is 5.56 Å². The standard InChI is InChI=1S/C16H21NO4S/c1-12(18)14-7-9-15(10-8-14)22(20,21)17-16(19)11-13-5-3-2-4-6-13/h7-10,13H,2-6,11H2,1H3,(H,17,19). The first kappa shape index (κ1) is 16.7. The molecule has 6 heteroatoms. The van der Waals surface area contributed by atoms with Gasteiger partial charge in [-0.15, -0.1) is 0 Å². The monoisotopic (exact) mass is 323 g/mol. The molecule has 1 aromatic carbocycles. The van der Waals surface area contributed by atoms with E-state index in [1.54, 1.807) is 0 Å². The van der Waals surface area contributed by atoms with Crippen molar-refractivity contribution < 1.29 is 18.0 Å². The van der Waals surface area contributed by atoms with Gasteiger partial charge < -0.3 is 0 Å². The van der Waals surface area contributed by atoms with Gasteiger partial charge in [-0.2, -0.15) is 0 Å². The minimum atomic E-state index is -3.86. The van der Waals surface area contributed by atoms with Crippen LogP contribution in [-0.4, -0.2) is 20.1 Å². The van der Waals surface area contributed by atoms with E-state index in [1.807, 2.05) is 0 Å². The average Bonchev–Trinajstić information content (AvgIpc) is 2.47. The Morgan fingerprint density at radius 1 is 1.09 bits per heavy atom. The van der Waals surface area contributed by atoms with Crippen molar-refractivity contribution in [1.82, 2.24) is 4.72 Å². The molecule has 0 radical (unpaired) electrons. The zero-order valence-corrected chi connectivity index (χ0v) is 13.5. The number of carbonyl (C=O) groups excluding carboxylic acids is 2. The van der Waals surface area contributed by atoms with Gasteiger partial charge in [-0.05, 0) is 37.8 Å². The van der Waals surface area contributed by atoms with Crippen LogP contribution < -0.4 is 4.72 Å². The van der Waals surface area contributed by atoms with Gasteiger partial charge in [0.1, 0.15) is 0 Å². The molecule has 1 aromatic rings. The Balaban J connectivity index is 2.00. The number of carbonyl (C=O) groups is 2. The van der Waals surface area contributed by atoms with Gasteiger partial charge in [0.25, 0.3) is 10.0 Å². The van der Waals surface area contributed by atoms with Crippen LogP contribution >= 0.6 is 0 Å². The van der Waals surface area contributed by atoms with Crippen LogP contribution in [0.1, 0.15) is 55.8 Å². The third-order valence-corrected chi connectivity index (χ3v) is 5.41. The van der Waals surface area contributed by atoms with Crippen LogP contribution in [0, 0.1) is 5.92 Å². The molecule has 1 aliphatic rings. The van der Waals surface area contributed by atoms with Crippen molar-refractivity contribution in [3.63, 3.8) is 0 Å². The predicted molar refractivity (Wildman–Crippen MR) is 83.0 cm³/mol. The number of Topliss-reactive ketones (excluding diaryl/α,β-unsaturated/α-hetero) is 1. The van der Waals surface area contributed by atoms with E-state index < -0.39 is 15.9 Å². The van der Waals surface area contributed by atoms with E-state index >= 15 is 0 Å². The van der Waals surface area contributed by atoms with E-state index in [4.69, 9.17) is 0 Å². The summed E-state index contributed by atoms with van der Waals surface area (Å²) in [7, 11) is -3.86. The van der Waals surface area contributed by atoms with Crippen LogP contribution in [0.2, 0.25) is 0 Å². The zero-order chi connectivity index (χ0) is 16.2. The Morgan fingerprint density at radius 3 is 2.23 bits per heavy atom. The fourth-order valence-corrected chi connectivity index (χ4v) is 3.77. The van der Waals surface area contributed by atoms with E-state index in [-0.39, 0.29) is 23.0 Å². The largest absolute Gasteiger partial charge is 0.295 e. The topological polar surface area (TPSA) is 80.3 Å². The van der Waals surface area contributed by atoms with E-state index in [1.165, 1.54) is 37.6 Å². The van der Waals surface area contributed by atoms with Crippen molar-refractivity contribution >= 4 is 21.7 Å². The number of rotatable bonds is 5. The summed E-state index contributed by atoms with van der Waals surface area (Å²) in [6.07, 6.45) is 5.64. The van der Waals surface area contributed by atoms with E-state index in [9.17, 15) is 18.0 Å². The van der Waals surface area contributed by atoms with Crippen LogP contribution in [0.5, 0.6) is 0 Å². The molecule has 1 fully saturated rings. The number of benzene rings is 1. The van der Waals surface area contributed by atoms with E-state index in [2.05, 4.69) is 4.72 Å². The molecule has 0 aromatic heterocycles. The van der Waals surface area contributed by atoms with Gasteiger partial charge in [-0.3, -0.25) is 9.59 Å². The third kappa shape index (κ3) is 4.40. The summed E-state index contributed by atoms with van der Waals surface area (Å²) in [6.45, 7) is 1.41. The van der Waals surface area contributed by atoms with Gasteiger partial charge in [0.05, 0.1) is 4.90 Å². The molecule has 0 spiro atoms. The van der Waals surface area contributed by atoms with Crippen LogP contribution in [0.3, 0.4) is 0 Å². The molecule has 120 valence electrons. The normalized spacial score (nSPS) is 16.2. The zero-order valence-electron chi connectivity index (χ0n) is 12.7. The smallest absolute Gasteiger partial charge is 0.264 e. The highest BCUT2D eigenvalue weighted by Crippen LogP contribution is 2.26. The summed E-state index contributed by atoms with van der Waals surface area (Å²) in [5.41, 5.74) is 0.437. The van der Waals surface area contributed by atoms with Crippen molar-refractivity contribution in [3.8, 4) is 0 Å². The first-order chi connectivity index (χ1) is 10.4. The number of ketones is 1. The number of hydrogen-bond acceptors (Lipinski definition) is 4. The maximum absolute atomic E-state index is 12.1. The second-order valence-corrected chi connectivity index (χ2v) is 7.50. The highest BCUT2D eigenvalue weighted by Gasteiger charge is 2.22. The van der Waals surface area contributed by atoms with Crippen molar-refractivity contribution in [2.24, 2.45) is 5.92 Å². The second kappa shape index (κ2) is 7.05. The van der Waals surface area contributed by atoms with Gasteiger partial charge in [-0.1, -0.05) is 31.4 Å². The summed E-state index contributed by atoms with van der Waals surface area (Å²) in [6, 6.07) is 5.57. The van der Waals surface area contributed by atoms with Crippen molar-refractivity contribution in [3.05, 3.63) is 29.8 Å². The molecule has 5 nitrogen and oxygen atoms in total. The molecule has 1 N–H and O–H groups in total. The van der Waals surface area contributed by atoms with Gasteiger partial charge in [-0.25, -0.2) is 13.1 Å². The quantitative estimate of drug-likeness (QED) is 0.845. The molecule has 0 heterocycles. The molecule has 1 amide bonds. The minimum absolute atomic E-state index is 0.00510. The van der Waals surface area contributed by atoms with Crippen LogP contribution in [0.15, 0.2) is 29.2 Å². The molecule has 22 heavy (non-hydrogen) atoms. The molecular formula is C16H21NO4S. The highest BCUT2D eigenvalue weighted by atomic mass is 32.2. The average molecular weight is 323 g/mol. The molecule has 2 rings (SSSR count). The Labute approximate surface area is 131 Å². The fraction of sp³-hybridized carbons (Fsp3) is 0.500. The lowest BCUT2D eigenvalue weighted by Crippen LogP contribution is -2.32. The van der Waals surface area contributed by atoms with Gasteiger partial charge in [0.2, 0.25) is 5.91 Å². The molecule has 0 unspecified atom stereocenters. The molecule has 0 atom stereocenters. The Bertz CT molecular complexity index is 643. The first-order valence-corrected chi connectivity index (χ1v) is 9.03. The molecular weight excluding hydrogens is 302 g/mol. The lowest BCUT2D eigenvalue weighted by atomic mass is 9.87. The lowest BCUT2D eigenvalue weighted by molar-refractivity contribution is -0.120. The van der Waals surface area contributed by atoms with E-state index in [0.717, 1.165) is 25.7 Å². The maximum Gasteiger partial charge on any atom is 0.264 e. The minimum Gasteiger partial charge on any atom is -0.295 e. The molecule has 0 saturated heterocycles. The van der Waals surface area contributed by atoms with Crippen LogP contribution in [0.25, 0.3) is 0 Å². The number of amides is 1. The summed E-state index contributed by atoms with van der Waals surface area (Å²) < 4.78 is 26.4. The van der Waals surface area contributed by atoms with Crippen molar-refractivity contribution in [2.75, 3.05) is 0 Å². The Kier molecular flexibility index (Phi) is 5.34. The number of sulfonamides is 1. The third-order valence-electron chi connectivity index (χ3n) is 4.02. The Hall–Kier alpha value is -1.69. The molecule has 1 saturated carbocycles. The summed E-state index contributed by atoms with van der Waals surface area (Å²) in [5, 5.41) is 0. The first-order valence-electron chi connectivity index (χ1n) is 7.55. The predicted octanol–water partition coefficient (Wildman–Crippen LogP) is 2.66. The highest BCUT2D eigenvalue weighted by molar-refractivity contribution is 7.90. The van der Waals surface area contributed by atoms with Gasteiger partial charge in [0, 0.05) is 12.0 Å². The SMILES string of the molecule is CC(=O)c1ccc(S(=O)(=O)NC(=O)CC2CCCCC2)cc1. The van der Waals surface area contributed by atoms with Crippen LogP contribution in [-0.2, 0) is 14.8 Å². The lowest BCUT2D eigenvalue weighted by Gasteiger charge is -2.20. The summed E-state index contributed by atoms with van der Waals surface area (Å²) >= 11 is 0. The molecule has 1 aliphatic carbocycles. The summed E-state index contributed by atoms with van der Waals surface area (Å²) in [5.74, 6) is -0.308. The van der Waals surface area contributed by atoms with Gasteiger partial charge >= 0.3 is 0 Å². The number of hydrogen-bond donors (Lipinski definition) is 1. The van der Waals surface area contributed by atoms with Gasteiger partial charge in [0.15, 0.2) is 5.78 Å². The van der Waals surface area contributed by atoms with Crippen molar-refractivity contribution in [2.45, 2.75) is 50.3 Å². The maximum atomic E-state index is 12.1. The molecule has 0 aliphatic heterocycles. The van der Waals surface area contributed by atoms with Crippen LogP contribution in [0.4, 0.5) is 0 Å². The Morgan fingerprint density at radius 2 is 1.68 bits per heavy atom. The van der Waals surface area contributed by atoms with Crippen molar-refractivity contribution in [1.29, 1.82) is 0 Å². The fourth-order valence-electron chi connectivity index (χ4n) is 2.77.